The summed E-state index contributed by atoms with van der Waals surface area (Å²) in [6, 6.07) is -0.595. The lowest BCUT2D eigenvalue weighted by molar-refractivity contribution is -0.143. The minimum atomic E-state index is -1.16. The molecule has 128 valence electrons. The smallest absolute Gasteiger partial charge is 0.326 e. The summed E-state index contributed by atoms with van der Waals surface area (Å²) in [4.78, 5) is 34.0. The van der Waals surface area contributed by atoms with E-state index in [9.17, 15) is 14.4 Å². The molecule has 0 bridgehead atoms. The fraction of sp³-hybridized carbons (Fsp3) is 0.812. The number of aliphatic carboxylic acids is 1. The van der Waals surface area contributed by atoms with Crippen molar-refractivity contribution in [3.05, 3.63) is 0 Å². The number of unbranched alkanes of at least 4 members (excludes halogenated alkanes) is 2. The van der Waals surface area contributed by atoms with Crippen LogP contribution in [0.5, 0.6) is 0 Å². The number of carbonyl (C=O) groups excluding carboxylic acids is 2. The summed E-state index contributed by atoms with van der Waals surface area (Å²) in [6.45, 7) is 6.87. The van der Waals surface area contributed by atoms with Crippen molar-refractivity contribution in [2.75, 3.05) is 6.54 Å². The molecule has 0 aromatic carbocycles. The van der Waals surface area contributed by atoms with Gasteiger partial charge in [0.2, 0.25) is 5.91 Å². The van der Waals surface area contributed by atoms with Gasteiger partial charge >= 0.3 is 5.97 Å². The molecule has 22 heavy (non-hydrogen) atoms. The van der Waals surface area contributed by atoms with Gasteiger partial charge in [0.1, 0.15) is 11.8 Å². The molecule has 0 aromatic rings. The molecular formula is C16H30N2O4. The SMILES string of the molecule is CCC(=O)CC(NC(=O)CCCCCNC(C)CC)C(=O)O. The molecule has 0 heterocycles. The Bertz CT molecular complexity index is 358. The maximum absolute atomic E-state index is 11.7. The molecule has 0 radical (unpaired) electrons. The Hall–Kier alpha value is -1.43. The van der Waals surface area contributed by atoms with E-state index in [2.05, 4.69) is 24.5 Å². The lowest BCUT2D eigenvalue weighted by Gasteiger charge is -2.13. The molecule has 6 nitrogen and oxygen atoms in total. The Labute approximate surface area is 133 Å². The van der Waals surface area contributed by atoms with Crippen LogP contribution in [0, 0.1) is 0 Å². The van der Waals surface area contributed by atoms with Crippen molar-refractivity contribution >= 4 is 17.7 Å². The molecule has 1 amide bonds. The third kappa shape index (κ3) is 10.3. The number of hydrogen-bond acceptors (Lipinski definition) is 4. The van der Waals surface area contributed by atoms with E-state index < -0.39 is 12.0 Å². The fourth-order valence-corrected chi connectivity index (χ4v) is 1.92. The summed E-state index contributed by atoms with van der Waals surface area (Å²) in [5, 5.41) is 14.8. The van der Waals surface area contributed by atoms with E-state index in [1.54, 1.807) is 6.92 Å². The number of ketones is 1. The number of carboxylic acids is 1. The topological polar surface area (TPSA) is 95.5 Å². The Kier molecular flexibility index (Phi) is 11.4. The van der Waals surface area contributed by atoms with E-state index in [-0.39, 0.29) is 24.5 Å². The number of carbonyl (C=O) groups is 3. The first-order valence-corrected chi connectivity index (χ1v) is 8.17. The molecule has 3 N–H and O–H groups in total. The van der Waals surface area contributed by atoms with Gasteiger partial charge in [0.15, 0.2) is 0 Å². The third-order valence-corrected chi connectivity index (χ3v) is 3.65. The zero-order valence-corrected chi connectivity index (χ0v) is 14.0. The molecule has 0 aromatic heterocycles. The van der Waals surface area contributed by atoms with Crippen molar-refractivity contribution in [3.8, 4) is 0 Å². The highest BCUT2D eigenvalue weighted by atomic mass is 16.4. The van der Waals surface area contributed by atoms with Gasteiger partial charge in [0.05, 0.1) is 0 Å². The molecule has 0 aliphatic carbocycles. The van der Waals surface area contributed by atoms with E-state index in [1.165, 1.54) is 0 Å². The van der Waals surface area contributed by atoms with Crippen LogP contribution in [0.3, 0.4) is 0 Å². The number of rotatable bonds is 13. The number of carboxylic acid groups (broad SMARTS) is 1. The summed E-state index contributed by atoms with van der Waals surface area (Å²) in [7, 11) is 0. The van der Waals surface area contributed by atoms with Gasteiger partial charge in [-0.05, 0) is 32.7 Å². The molecular weight excluding hydrogens is 284 g/mol. The standard InChI is InChI=1S/C16H30N2O4/c1-4-12(3)17-10-8-6-7-9-15(20)18-14(16(21)22)11-13(19)5-2/h12,14,17H,4-11H2,1-3H3,(H,18,20)(H,21,22). The summed E-state index contributed by atoms with van der Waals surface area (Å²) < 4.78 is 0. The number of hydrogen-bond donors (Lipinski definition) is 3. The lowest BCUT2D eigenvalue weighted by Crippen LogP contribution is -2.42. The van der Waals surface area contributed by atoms with E-state index in [4.69, 9.17) is 5.11 Å². The average Bonchev–Trinajstić information content (AvgIpc) is 2.49. The second kappa shape index (κ2) is 12.1. The first-order valence-electron chi connectivity index (χ1n) is 8.17. The number of amides is 1. The molecule has 2 unspecified atom stereocenters. The van der Waals surface area contributed by atoms with E-state index in [0.29, 0.717) is 12.5 Å². The van der Waals surface area contributed by atoms with Crippen LogP contribution in [0.2, 0.25) is 0 Å². The molecule has 0 fully saturated rings. The van der Waals surface area contributed by atoms with Gasteiger partial charge in [0.25, 0.3) is 0 Å². The van der Waals surface area contributed by atoms with Gasteiger partial charge in [-0.25, -0.2) is 4.79 Å². The zero-order valence-electron chi connectivity index (χ0n) is 14.0. The summed E-state index contributed by atoms with van der Waals surface area (Å²) >= 11 is 0. The van der Waals surface area contributed by atoms with Crippen molar-refractivity contribution < 1.29 is 19.5 Å². The first kappa shape index (κ1) is 20.6. The molecule has 0 aliphatic heterocycles. The van der Waals surface area contributed by atoms with Crippen molar-refractivity contribution in [2.45, 2.75) is 77.8 Å². The quantitative estimate of drug-likeness (QED) is 0.451. The van der Waals surface area contributed by atoms with Gasteiger partial charge in [-0.2, -0.15) is 0 Å². The first-order chi connectivity index (χ1) is 10.4. The van der Waals surface area contributed by atoms with Crippen LogP contribution >= 0.6 is 0 Å². The van der Waals surface area contributed by atoms with Crippen LogP contribution in [0.25, 0.3) is 0 Å². The average molecular weight is 314 g/mol. The van der Waals surface area contributed by atoms with Crippen LogP contribution in [-0.4, -0.2) is 41.4 Å². The third-order valence-electron chi connectivity index (χ3n) is 3.65. The normalized spacial score (nSPS) is 13.4. The Morgan fingerprint density at radius 1 is 1.09 bits per heavy atom. The van der Waals surface area contributed by atoms with Crippen LogP contribution < -0.4 is 10.6 Å². The summed E-state index contributed by atoms with van der Waals surface area (Å²) in [5.41, 5.74) is 0. The molecule has 0 spiro atoms. The van der Waals surface area contributed by atoms with E-state index >= 15 is 0 Å². The second-order valence-corrected chi connectivity index (χ2v) is 5.63. The minimum Gasteiger partial charge on any atom is -0.480 e. The monoisotopic (exact) mass is 314 g/mol. The highest BCUT2D eigenvalue weighted by Crippen LogP contribution is 2.02. The minimum absolute atomic E-state index is 0.142. The highest BCUT2D eigenvalue weighted by molar-refractivity contribution is 5.89. The predicted octanol–water partition coefficient (Wildman–Crippen LogP) is 1.87. The van der Waals surface area contributed by atoms with Gasteiger partial charge in [0, 0.05) is 25.3 Å². The second-order valence-electron chi connectivity index (χ2n) is 5.63. The van der Waals surface area contributed by atoms with Crippen molar-refractivity contribution in [3.63, 3.8) is 0 Å². The van der Waals surface area contributed by atoms with E-state index in [1.807, 2.05) is 0 Å². The molecule has 2 atom stereocenters. The van der Waals surface area contributed by atoms with Gasteiger partial charge in [-0.15, -0.1) is 0 Å². The zero-order chi connectivity index (χ0) is 17.0. The molecule has 6 heteroatoms. The summed E-state index contributed by atoms with van der Waals surface area (Å²) in [5.74, 6) is -1.62. The van der Waals surface area contributed by atoms with Crippen molar-refractivity contribution in [1.82, 2.24) is 10.6 Å². The number of Topliss-reactive ketones (excluding diaryl/α,β-unsaturated/α-hetero) is 1. The highest BCUT2D eigenvalue weighted by Gasteiger charge is 2.22. The Morgan fingerprint density at radius 3 is 2.32 bits per heavy atom. The van der Waals surface area contributed by atoms with Crippen LogP contribution in [0.1, 0.15) is 65.7 Å². The largest absolute Gasteiger partial charge is 0.480 e. The maximum Gasteiger partial charge on any atom is 0.326 e. The molecule has 0 aliphatic rings. The summed E-state index contributed by atoms with van der Waals surface area (Å²) in [6.07, 6.45) is 4.17. The van der Waals surface area contributed by atoms with Crippen molar-refractivity contribution in [1.29, 1.82) is 0 Å². The van der Waals surface area contributed by atoms with Crippen molar-refractivity contribution in [2.24, 2.45) is 0 Å². The predicted molar refractivity (Wildman–Crippen MR) is 85.7 cm³/mol. The fourth-order valence-electron chi connectivity index (χ4n) is 1.92. The molecule has 0 saturated carbocycles. The molecule has 0 rings (SSSR count). The van der Waals surface area contributed by atoms with Crippen LogP contribution in [0.15, 0.2) is 0 Å². The maximum atomic E-state index is 11.7. The van der Waals surface area contributed by atoms with Crippen LogP contribution in [0.4, 0.5) is 0 Å². The Morgan fingerprint density at radius 2 is 1.77 bits per heavy atom. The number of nitrogens with one attached hydrogen (secondary N) is 2. The lowest BCUT2D eigenvalue weighted by atomic mass is 10.1. The van der Waals surface area contributed by atoms with Crippen LogP contribution in [-0.2, 0) is 14.4 Å². The van der Waals surface area contributed by atoms with Gasteiger partial charge in [-0.1, -0.05) is 20.3 Å². The van der Waals surface area contributed by atoms with Gasteiger partial charge < -0.3 is 15.7 Å². The molecule has 0 saturated heterocycles. The van der Waals surface area contributed by atoms with E-state index in [0.717, 1.165) is 32.2 Å². The Balaban J connectivity index is 3.86. The van der Waals surface area contributed by atoms with Gasteiger partial charge in [-0.3, -0.25) is 9.59 Å².